The van der Waals surface area contributed by atoms with Gasteiger partial charge in [-0.15, -0.1) is 0 Å². The van der Waals surface area contributed by atoms with Gasteiger partial charge in [0, 0.05) is 18.4 Å². The number of carbonyl (C=O) groups is 2. The van der Waals surface area contributed by atoms with Crippen LogP contribution in [-0.2, 0) is 14.8 Å². The van der Waals surface area contributed by atoms with E-state index < -0.39 is 16.0 Å². The van der Waals surface area contributed by atoms with Gasteiger partial charge in [0.1, 0.15) is 0 Å². The largest absolute Gasteiger partial charge is 0.462 e. The van der Waals surface area contributed by atoms with Crippen LogP contribution >= 0.6 is 0 Å². The minimum absolute atomic E-state index is 0.0121. The topological polar surface area (TPSA) is 114 Å². The summed E-state index contributed by atoms with van der Waals surface area (Å²) in [5, 5.41) is 4.98. The second-order valence-corrected chi connectivity index (χ2v) is 6.81. The van der Waals surface area contributed by atoms with Crippen molar-refractivity contribution >= 4 is 33.4 Å². The molecule has 0 saturated heterocycles. The average Bonchev–Trinajstić information content (AvgIpc) is 2.63. The first-order chi connectivity index (χ1) is 12.4. The van der Waals surface area contributed by atoms with Gasteiger partial charge in [0.2, 0.25) is 0 Å². The zero-order chi connectivity index (χ0) is 19.2. The third kappa shape index (κ3) is 4.96. The maximum atomic E-state index is 12.4. The first-order valence-corrected chi connectivity index (χ1v) is 9.23. The van der Waals surface area contributed by atoms with Crippen LogP contribution in [-0.4, -0.2) is 34.1 Å². The molecule has 3 N–H and O–H groups in total. The van der Waals surface area contributed by atoms with E-state index in [-0.39, 0.29) is 23.1 Å². The van der Waals surface area contributed by atoms with Gasteiger partial charge in [-0.3, -0.25) is 4.72 Å². The van der Waals surface area contributed by atoms with Crippen LogP contribution in [0.4, 0.5) is 16.2 Å². The Morgan fingerprint density at radius 3 is 2.08 bits per heavy atom. The van der Waals surface area contributed by atoms with E-state index in [2.05, 4.69) is 15.4 Å². The molecule has 0 atom stereocenters. The Balaban J connectivity index is 2.10. The van der Waals surface area contributed by atoms with Crippen molar-refractivity contribution in [2.75, 3.05) is 23.7 Å². The van der Waals surface area contributed by atoms with Crippen molar-refractivity contribution < 1.29 is 22.7 Å². The Labute approximate surface area is 151 Å². The summed E-state index contributed by atoms with van der Waals surface area (Å²) in [6.45, 7) is 1.93. The lowest BCUT2D eigenvalue weighted by Gasteiger charge is -2.10. The molecule has 0 aliphatic carbocycles. The Morgan fingerprint density at radius 1 is 0.962 bits per heavy atom. The van der Waals surface area contributed by atoms with E-state index in [1.165, 1.54) is 43.4 Å². The maximum absolute atomic E-state index is 12.4. The van der Waals surface area contributed by atoms with Gasteiger partial charge in [-0.2, -0.15) is 0 Å². The van der Waals surface area contributed by atoms with Gasteiger partial charge in [0.05, 0.1) is 17.1 Å². The van der Waals surface area contributed by atoms with Gasteiger partial charge in [0.15, 0.2) is 0 Å². The van der Waals surface area contributed by atoms with Crippen LogP contribution in [0, 0.1) is 0 Å². The van der Waals surface area contributed by atoms with Crippen molar-refractivity contribution in [2.45, 2.75) is 11.8 Å². The highest BCUT2D eigenvalue weighted by Crippen LogP contribution is 2.19. The number of carbonyl (C=O) groups excluding carboxylic acids is 2. The predicted molar refractivity (Wildman–Crippen MR) is 97.7 cm³/mol. The molecule has 9 heteroatoms. The van der Waals surface area contributed by atoms with Gasteiger partial charge in [-0.1, -0.05) is 0 Å². The van der Waals surface area contributed by atoms with Gasteiger partial charge in [-0.05, 0) is 55.5 Å². The fourth-order valence-electron chi connectivity index (χ4n) is 2.01. The molecule has 0 heterocycles. The van der Waals surface area contributed by atoms with Crippen LogP contribution in [0.15, 0.2) is 53.4 Å². The molecule has 26 heavy (non-hydrogen) atoms. The molecule has 8 nitrogen and oxygen atoms in total. The molecule has 0 radical (unpaired) electrons. The summed E-state index contributed by atoms with van der Waals surface area (Å²) in [6, 6.07) is 11.2. The number of anilines is 2. The molecule has 2 rings (SSSR count). The van der Waals surface area contributed by atoms with Gasteiger partial charge < -0.3 is 15.4 Å². The molecule has 0 spiro atoms. The van der Waals surface area contributed by atoms with E-state index in [0.29, 0.717) is 11.4 Å². The standard InChI is InChI=1S/C17H19N3O5S/c1-3-25-16(21)12-4-10-15(11-5-12)26(23,24)20-14-8-6-13(7-9-14)19-17(22)18-2/h4-11,20H,3H2,1-2H3,(H2,18,19,22). The van der Waals surface area contributed by atoms with Gasteiger partial charge >= 0.3 is 12.0 Å². The van der Waals surface area contributed by atoms with E-state index in [1.54, 1.807) is 19.1 Å². The number of esters is 1. The second kappa shape index (κ2) is 8.34. The van der Waals surface area contributed by atoms with Crippen molar-refractivity contribution in [1.29, 1.82) is 0 Å². The Hall–Kier alpha value is -3.07. The molecule has 0 aliphatic heterocycles. The molecule has 0 aromatic heterocycles. The number of benzene rings is 2. The lowest BCUT2D eigenvalue weighted by molar-refractivity contribution is 0.0526. The molecule has 0 fully saturated rings. The number of amides is 2. The third-order valence-corrected chi connectivity index (χ3v) is 4.69. The summed E-state index contributed by atoms with van der Waals surface area (Å²) in [5.41, 5.74) is 1.13. The molecule has 2 aromatic rings. The summed E-state index contributed by atoms with van der Waals surface area (Å²) in [5.74, 6) is -0.511. The van der Waals surface area contributed by atoms with Crippen molar-refractivity contribution in [3.05, 3.63) is 54.1 Å². The molecular formula is C17H19N3O5S. The summed E-state index contributed by atoms with van der Waals surface area (Å²) in [7, 11) is -2.32. The Kier molecular flexibility index (Phi) is 6.18. The van der Waals surface area contributed by atoms with E-state index in [1.807, 2.05) is 0 Å². The quantitative estimate of drug-likeness (QED) is 0.669. The van der Waals surface area contributed by atoms with E-state index in [0.717, 1.165) is 0 Å². The van der Waals surface area contributed by atoms with Crippen LogP contribution < -0.4 is 15.4 Å². The first-order valence-electron chi connectivity index (χ1n) is 7.74. The summed E-state index contributed by atoms with van der Waals surface area (Å²) < 4.78 is 32.1. The summed E-state index contributed by atoms with van der Waals surface area (Å²) in [4.78, 5) is 22.8. The number of sulfonamides is 1. The lowest BCUT2D eigenvalue weighted by Crippen LogP contribution is -2.24. The highest BCUT2D eigenvalue weighted by Gasteiger charge is 2.15. The number of rotatable bonds is 6. The van der Waals surface area contributed by atoms with Crippen molar-refractivity contribution in [3.8, 4) is 0 Å². The minimum Gasteiger partial charge on any atom is -0.462 e. The molecule has 138 valence electrons. The highest BCUT2D eigenvalue weighted by atomic mass is 32.2. The molecular weight excluding hydrogens is 358 g/mol. The van der Waals surface area contributed by atoms with Crippen LogP contribution in [0.5, 0.6) is 0 Å². The summed E-state index contributed by atoms with van der Waals surface area (Å²) >= 11 is 0. The van der Waals surface area contributed by atoms with Crippen LogP contribution in [0.3, 0.4) is 0 Å². The zero-order valence-electron chi connectivity index (χ0n) is 14.3. The van der Waals surface area contributed by atoms with Crippen LogP contribution in [0.25, 0.3) is 0 Å². The van der Waals surface area contributed by atoms with Crippen molar-refractivity contribution in [2.24, 2.45) is 0 Å². The number of urea groups is 1. The van der Waals surface area contributed by atoms with Crippen molar-refractivity contribution in [3.63, 3.8) is 0 Å². The number of hydrogen-bond donors (Lipinski definition) is 3. The second-order valence-electron chi connectivity index (χ2n) is 5.13. The molecule has 0 bridgehead atoms. The number of nitrogens with one attached hydrogen (secondary N) is 3. The fraction of sp³-hybridized carbons (Fsp3) is 0.176. The number of hydrogen-bond acceptors (Lipinski definition) is 5. The minimum atomic E-state index is -3.81. The fourth-order valence-corrected chi connectivity index (χ4v) is 3.07. The number of ether oxygens (including phenoxy) is 1. The molecule has 0 saturated carbocycles. The predicted octanol–water partition coefficient (Wildman–Crippen LogP) is 2.42. The Morgan fingerprint density at radius 2 is 1.54 bits per heavy atom. The third-order valence-electron chi connectivity index (χ3n) is 3.30. The molecule has 0 unspecified atom stereocenters. The molecule has 2 amide bonds. The first kappa shape index (κ1) is 19.3. The van der Waals surface area contributed by atoms with Crippen molar-refractivity contribution in [1.82, 2.24) is 5.32 Å². The van der Waals surface area contributed by atoms with Crippen LogP contribution in [0.2, 0.25) is 0 Å². The maximum Gasteiger partial charge on any atom is 0.338 e. The van der Waals surface area contributed by atoms with Gasteiger partial charge in [-0.25, -0.2) is 18.0 Å². The normalized spacial score (nSPS) is 10.7. The smallest absolute Gasteiger partial charge is 0.338 e. The lowest BCUT2D eigenvalue weighted by atomic mass is 10.2. The van der Waals surface area contributed by atoms with E-state index in [4.69, 9.17) is 4.74 Å². The zero-order valence-corrected chi connectivity index (χ0v) is 15.1. The Bertz CT molecular complexity index is 878. The SMILES string of the molecule is CCOC(=O)c1ccc(S(=O)(=O)Nc2ccc(NC(=O)NC)cc2)cc1. The van der Waals surface area contributed by atoms with E-state index in [9.17, 15) is 18.0 Å². The monoisotopic (exact) mass is 377 g/mol. The average molecular weight is 377 g/mol. The highest BCUT2D eigenvalue weighted by molar-refractivity contribution is 7.92. The van der Waals surface area contributed by atoms with E-state index >= 15 is 0 Å². The molecule has 2 aromatic carbocycles. The summed E-state index contributed by atoms with van der Waals surface area (Å²) in [6.07, 6.45) is 0. The van der Waals surface area contributed by atoms with Crippen LogP contribution in [0.1, 0.15) is 17.3 Å². The molecule has 0 aliphatic rings. The van der Waals surface area contributed by atoms with Gasteiger partial charge in [0.25, 0.3) is 10.0 Å².